The second kappa shape index (κ2) is 11.4. The first-order valence-electron chi connectivity index (χ1n) is 7.96. The summed E-state index contributed by atoms with van der Waals surface area (Å²) in [6, 6.07) is 0. The molecule has 0 aromatic carbocycles. The largest absolute Gasteiger partial charge is 0.396 e. The van der Waals surface area contributed by atoms with Crippen molar-refractivity contribution < 1.29 is 70.9 Å². The van der Waals surface area contributed by atoms with Crippen LogP contribution in [0.4, 0.5) is 0 Å². The Bertz CT molecular complexity index is 372. The van der Waals surface area contributed by atoms with Crippen LogP contribution >= 0.6 is 0 Å². The molecular formula is C13H26O14. The third-order valence-corrected chi connectivity index (χ3v) is 4.52. The molecular weight excluding hydrogens is 380 g/mol. The lowest BCUT2D eigenvalue weighted by Gasteiger charge is -2.44. The summed E-state index contributed by atoms with van der Waals surface area (Å²) in [4.78, 5) is 0. The highest BCUT2D eigenvalue weighted by atomic mass is 17.6. The van der Waals surface area contributed by atoms with Crippen molar-refractivity contribution in [2.24, 2.45) is 5.92 Å². The molecule has 162 valence electrons. The first-order valence-corrected chi connectivity index (χ1v) is 7.96. The van der Waals surface area contributed by atoms with E-state index in [4.69, 9.17) is 25.1 Å². The van der Waals surface area contributed by atoms with Gasteiger partial charge >= 0.3 is 0 Å². The van der Waals surface area contributed by atoms with Gasteiger partial charge < -0.3 is 50.3 Å². The zero-order valence-corrected chi connectivity index (χ0v) is 14.0. The predicted molar refractivity (Wildman–Crippen MR) is 79.3 cm³/mol. The first-order chi connectivity index (χ1) is 12.7. The molecule has 10 N–H and O–H groups in total. The topological polar surface area (TPSA) is 239 Å². The first kappa shape index (κ1) is 24.5. The van der Waals surface area contributed by atoms with Gasteiger partial charge in [-0.25, -0.2) is 10.5 Å². The van der Waals surface area contributed by atoms with Crippen molar-refractivity contribution in [2.45, 2.75) is 61.5 Å². The van der Waals surface area contributed by atoms with Gasteiger partial charge in [0.1, 0.15) is 36.6 Å². The molecule has 1 saturated carbocycles. The molecule has 0 bridgehead atoms. The Labute approximate surface area is 152 Å². The Kier molecular flexibility index (Phi) is 10.4. The summed E-state index contributed by atoms with van der Waals surface area (Å²) in [6.07, 6.45) is -12.9. The molecule has 14 heteroatoms. The van der Waals surface area contributed by atoms with Gasteiger partial charge in [0.15, 0.2) is 6.29 Å². The molecule has 0 spiro atoms. The smallest absolute Gasteiger partial charge is 0.187 e. The zero-order chi connectivity index (χ0) is 20.7. The van der Waals surface area contributed by atoms with E-state index in [1.807, 2.05) is 0 Å². The van der Waals surface area contributed by atoms with E-state index < -0.39 is 74.3 Å². The van der Waals surface area contributed by atoms with Crippen LogP contribution in [0.3, 0.4) is 0 Å². The summed E-state index contributed by atoms with van der Waals surface area (Å²) >= 11 is 0. The van der Waals surface area contributed by atoms with Crippen molar-refractivity contribution in [3.63, 3.8) is 0 Å². The summed E-state index contributed by atoms with van der Waals surface area (Å²) in [6.45, 7) is -1.07. The Morgan fingerprint density at radius 1 is 0.704 bits per heavy atom. The summed E-state index contributed by atoms with van der Waals surface area (Å²) in [5.41, 5.74) is 0. The van der Waals surface area contributed by atoms with Gasteiger partial charge in [-0.2, -0.15) is 0 Å². The molecule has 1 heterocycles. The Morgan fingerprint density at radius 2 is 1.26 bits per heavy atom. The van der Waals surface area contributed by atoms with Gasteiger partial charge in [-0.15, -0.1) is 0 Å². The van der Waals surface area contributed by atoms with Crippen LogP contribution in [0.5, 0.6) is 0 Å². The molecule has 0 amide bonds. The number of rotatable bonds is 5. The Balaban J connectivity index is 0.000000828. The second-order valence-corrected chi connectivity index (χ2v) is 6.17. The molecule has 1 aliphatic carbocycles. The van der Waals surface area contributed by atoms with Gasteiger partial charge in [0.05, 0.1) is 18.8 Å². The maximum atomic E-state index is 9.96. The second-order valence-electron chi connectivity index (χ2n) is 6.17. The van der Waals surface area contributed by atoms with Gasteiger partial charge in [-0.3, -0.25) is 0 Å². The standard InChI is InChI=1S/C13H24O10.H2O4/c14-2-4-1-5(8(17)10(19)7(4)16)22-13-12(21)11(20)9(18)6(3-15)23-13;1-3-4-2/h4-21H,1-3H2;1-2H/t4?,5-,6?,7-,8?,9-,10?,11+,12?,13-;/m1./s1. The van der Waals surface area contributed by atoms with Crippen molar-refractivity contribution in [1.29, 1.82) is 0 Å². The third kappa shape index (κ3) is 5.96. The number of aliphatic hydroxyl groups is 8. The quantitative estimate of drug-likeness (QED) is 0.152. The van der Waals surface area contributed by atoms with Gasteiger partial charge in [-0.1, -0.05) is 0 Å². The van der Waals surface area contributed by atoms with E-state index in [-0.39, 0.29) is 6.42 Å². The lowest BCUT2D eigenvalue weighted by atomic mass is 9.81. The van der Waals surface area contributed by atoms with Gasteiger partial charge in [0.25, 0.3) is 0 Å². The highest BCUT2D eigenvalue weighted by molar-refractivity contribution is 4.95. The van der Waals surface area contributed by atoms with E-state index in [9.17, 15) is 35.7 Å². The van der Waals surface area contributed by atoms with Crippen LogP contribution in [0, 0.1) is 5.92 Å². The predicted octanol–water partition coefficient (Wildman–Crippen LogP) is -4.85. The lowest BCUT2D eigenvalue weighted by Crippen LogP contribution is -2.62. The molecule has 0 aromatic rings. The minimum atomic E-state index is -1.64. The molecule has 0 aromatic heterocycles. The average Bonchev–Trinajstić information content (AvgIpc) is 2.68. The summed E-state index contributed by atoms with van der Waals surface area (Å²) < 4.78 is 10.5. The normalized spacial score (nSPS) is 45.1. The molecule has 2 rings (SSSR count). The summed E-state index contributed by atoms with van der Waals surface area (Å²) in [7, 11) is 0. The minimum Gasteiger partial charge on any atom is -0.396 e. The third-order valence-electron chi connectivity index (χ3n) is 4.52. The molecule has 2 aliphatic rings. The van der Waals surface area contributed by atoms with Crippen LogP contribution in [0.2, 0.25) is 0 Å². The van der Waals surface area contributed by atoms with E-state index in [1.165, 1.54) is 0 Å². The van der Waals surface area contributed by atoms with Crippen molar-refractivity contribution in [3.05, 3.63) is 0 Å². The maximum absolute atomic E-state index is 9.96. The van der Waals surface area contributed by atoms with Crippen LogP contribution in [-0.2, 0) is 19.6 Å². The lowest BCUT2D eigenvalue weighted by molar-refractivity contribution is -0.611. The Morgan fingerprint density at radius 3 is 1.74 bits per heavy atom. The monoisotopic (exact) mass is 406 g/mol. The summed E-state index contributed by atoms with van der Waals surface area (Å²) in [5, 5.41) is 96.1. The number of hydrogen-bond acceptors (Lipinski definition) is 14. The Hall–Kier alpha value is -0.560. The van der Waals surface area contributed by atoms with Crippen LogP contribution < -0.4 is 0 Å². The molecule has 1 aliphatic heterocycles. The van der Waals surface area contributed by atoms with E-state index >= 15 is 0 Å². The van der Waals surface area contributed by atoms with E-state index in [0.29, 0.717) is 0 Å². The number of ether oxygens (including phenoxy) is 2. The number of aliphatic hydroxyl groups excluding tert-OH is 8. The fraction of sp³-hybridized carbons (Fsp3) is 1.00. The molecule has 2 fully saturated rings. The molecule has 14 nitrogen and oxygen atoms in total. The van der Waals surface area contributed by atoms with Crippen molar-refractivity contribution in [3.8, 4) is 0 Å². The van der Waals surface area contributed by atoms with Crippen LogP contribution in [0.15, 0.2) is 0 Å². The van der Waals surface area contributed by atoms with Crippen molar-refractivity contribution >= 4 is 0 Å². The molecule has 27 heavy (non-hydrogen) atoms. The highest BCUT2D eigenvalue weighted by Gasteiger charge is 2.48. The SMILES string of the molecule is OCC1C[C@@H](O[C@@H]2OC(CO)[C@@H](O)[C@H](O)C2O)C(O)C(O)[C@@H]1O.OOOO. The van der Waals surface area contributed by atoms with Gasteiger partial charge in [-0.05, 0) is 16.5 Å². The van der Waals surface area contributed by atoms with E-state index in [1.54, 1.807) is 0 Å². The minimum absolute atomic E-state index is 0.0229. The fourth-order valence-corrected chi connectivity index (χ4v) is 2.95. The highest BCUT2D eigenvalue weighted by Crippen LogP contribution is 2.31. The fourth-order valence-electron chi connectivity index (χ4n) is 2.95. The maximum Gasteiger partial charge on any atom is 0.187 e. The van der Waals surface area contributed by atoms with Crippen LogP contribution in [0.1, 0.15) is 6.42 Å². The molecule has 0 radical (unpaired) electrons. The van der Waals surface area contributed by atoms with Gasteiger partial charge in [0, 0.05) is 12.5 Å². The zero-order valence-electron chi connectivity index (χ0n) is 14.0. The van der Waals surface area contributed by atoms with Gasteiger partial charge in [0.2, 0.25) is 0 Å². The molecule has 5 unspecified atom stereocenters. The van der Waals surface area contributed by atoms with Crippen LogP contribution in [0.25, 0.3) is 0 Å². The number of hydrogen-bond donors (Lipinski definition) is 10. The average molecular weight is 406 g/mol. The van der Waals surface area contributed by atoms with Crippen molar-refractivity contribution in [2.75, 3.05) is 13.2 Å². The molecule has 1 saturated heterocycles. The van der Waals surface area contributed by atoms with E-state index in [2.05, 4.69) is 10.1 Å². The van der Waals surface area contributed by atoms with Crippen molar-refractivity contribution in [1.82, 2.24) is 0 Å². The van der Waals surface area contributed by atoms with E-state index in [0.717, 1.165) is 0 Å². The summed E-state index contributed by atoms with van der Waals surface area (Å²) in [5.74, 6) is -0.747. The van der Waals surface area contributed by atoms with Crippen LogP contribution in [-0.4, -0.2) is 120 Å². The molecule has 10 atom stereocenters.